The van der Waals surface area contributed by atoms with Gasteiger partial charge in [0.05, 0.1) is 28.0 Å². The third-order valence-electron chi connectivity index (χ3n) is 11.2. The molecule has 0 bridgehead atoms. The molecule has 0 amide bonds. The van der Waals surface area contributed by atoms with Crippen LogP contribution in [-0.2, 0) is 29.6 Å². The van der Waals surface area contributed by atoms with Crippen LogP contribution in [-0.4, -0.2) is 46.2 Å². The fourth-order valence-electron chi connectivity index (χ4n) is 7.34. The number of nitrogens with zero attached hydrogens (tertiary/aromatic N) is 4. The molecule has 276 valence electrons. The van der Waals surface area contributed by atoms with Gasteiger partial charge in [0.15, 0.2) is 0 Å². The normalized spacial score (nSPS) is 16.9. The maximum atomic E-state index is 15.6. The van der Waals surface area contributed by atoms with Crippen molar-refractivity contribution in [3.05, 3.63) is 132 Å². The number of rotatable bonds is 10. The van der Waals surface area contributed by atoms with Gasteiger partial charge in [-0.3, -0.25) is 4.68 Å². The Morgan fingerprint density at radius 3 is 2.07 bits per heavy atom. The van der Waals surface area contributed by atoms with E-state index in [0.29, 0.717) is 42.0 Å². The van der Waals surface area contributed by atoms with Crippen molar-refractivity contribution in [1.29, 1.82) is 0 Å². The van der Waals surface area contributed by atoms with E-state index < -0.39 is 18.3 Å². The van der Waals surface area contributed by atoms with E-state index >= 15 is 4.39 Å². The van der Waals surface area contributed by atoms with Gasteiger partial charge in [-0.15, -0.1) is 0 Å². The molecule has 6 aromatic rings. The van der Waals surface area contributed by atoms with Gasteiger partial charge < -0.3 is 23.7 Å². The van der Waals surface area contributed by atoms with E-state index in [1.54, 1.807) is 6.07 Å². The first kappa shape index (κ1) is 35.8. The number of ether oxygens (including phenoxy) is 2. The second-order valence-electron chi connectivity index (χ2n) is 15.4. The van der Waals surface area contributed by atoms with Crippen molar-refractivity contribution in [2.24, 2.45) is 7.05 Å². The summed E-state index contributed by atoms with van der Waals surface area (Å²) in [5, 5.41) is 6.01. The van der Waals surface area contributed by atoms with Gasteiger partial charge in [0.2, 0.25) is 11.8 Å². The summed E-state index contributed by atoms with van der Waals surface area (Å²) in [6.45, 7) is 10.3. The number of benzene rings is 4. The molecule has 10 heteroatoms. The maximum Gasteiger partial charge on any atom is 0.494 e. The summed E-state index contributed by atoms with van der Waals surface area (Å²) in [6, 6.07) is 35.9. The summed E-state index contributed by atoms with van der Waals surface area (Å²) < 4.78 is 42.3. The minimum absolute atomic E-state index is 0.248. The first-order valence-corrected chi connectivity index (χ1v) is 18.8. The number of piperidine rings is 1. The zero-order valence-electron chi connectivity index (χ0n) is 31.6. The van der Waals surface area contributed by atoms with Gasteiger partial charge in [-0.1, -0.05) is 78.9 Å². The minimum Gasteiger partial charge on any atom is -0.473 e. The topological polar surface area (TPSA) is 70.9 Å². The molecule has 0 atom stereocenters. The van der Waals surface area contributed by atoms with Crippen LogP contribution in [0.1, 0.15) is 63.1 Å². The molecule has 8 rings (SSSR count). The highest BCUT2D eigenvalue weighted by Gasteiger charge is 2.51. The standard InChI is InChI=1S/C44H46BFN4O4/c1-43(2)44(3,4)54-45(53-43)34-17-20-38(37(46)27-34)50-24-22-32(23-25-50)33-16-18-35-39(26-33)49(5)48-41(35)36-19-21-40(51-28-30-12-8-6-9-13-30)47-42(36)52-29-31-14-10-7-11-15-31/h6-21,26-27,32H,22-25,28-29H2,1-5H3. The van der Waals surface area contributed by atoms with Crippen molar-refractivity contribution < 1.29 is 23.2 Å². The molecule has 4 heterocycles. The highest BCUT2D eigenvalue weighted by molar-refractivity contribution is 6.62. The Kier molecular flexibility index (Phi) is 9.66. The van der Waals surface area contributed by atoms with Crippen LogP contribution in [0, 0.1) is 5.82 Å². The molecule has 2 fully saturated rings. The van der Waals surface area contributed by atoms with Crippen LogP contribution in [0.5, 0.6) is 11.8 Å². The smallest absolute Gasteiger partial charge is 0.473 e. The Hall–Kier alpha value is -5.19. The van der Waals surface area contributed by atoms with Gasteiger partial charge >= 0.3 is 7.12 Å². The van der Waals surface area contributed by atoms with Crippen molar-refractivity contribution in [3.63, 3.8) is 0 Å². The second kappa shape index (κ2) is 14.6. The molecule has 0 unspecified atom stereocenters. The Bertz CT molecular complexity index is 2240. The van der Waals surface area contributed by atoms with Crippen LogP contribution in [0.3, 0.4) is 0 Å². The monoisotopic (exact) mass is 724 g/mol. The number of fused-ring (bicyclic) bond motifs is 1. The average molecular weight is 725 g/mol. The molecule has 2 aliphatic rings. The molecular weight excluding hydrogens is 678 g/mol. The Morgan fingerprint density at radius 2 is 1.43 bits per heavy atom. The molecule has 8 nitrogen and oxygen atoms in total. The lowest BCUT2D eigenvalue weighted by atomic mass is 9.79. The number of halogens is 1. The maximum absolute atomic E-state index is 15.6. The second-order valence-corrected chi connectivity index (χ2v) is 15.4. The van der Waals surface area contributed by atoms with Crippen molar-refractivity contribution in [2.75, 3.05) is 18.0 Å². The molecule has 0 spiro atoms. The SMILES string of the molecule is Cn1nc(-c2ccc(OCc3ccccc3)nc2OCc2ccccc2)c2ccc(C3CCN(c4ccc(B5OC(C)(C)C(C)(C)O5)cc4F)CC3)cc21. The molecule has 2 aliphatic heterocycles. The first-order valence-electron chi connectivity index (χ1n) is 18.8. The number of hydrogen-bond acceptors (Lipinski definition) is 7. The summed E-state index contributed by atoms with van der Waals surface area (Å²) in [5.41, 5.74) is 6.38. The highest BCUT2D eigenvalue weighted by Crippen LogP contribution is 2.39. The minimum atomic E-state index is -0.588. The van der Waals surface area contributed by atoms with Crippen LogP contribution in [0.4, 0.5) is 10.1 Å². The van der Waals surface area contributed by atoms with Gasteiger partial charge in [-0.05, 0) is 92.9 Å². The molecule has 0 N–H and O–H groups in total. The van der Waals surface area contributed by atoms with E-state index in [1.165, 1.54) is 5.56 Å². The number of pyridine rings is 1. The van der Waals surface area contributed by atoms with Gasteiger partial charge in [0.1, 0.15) is 24.7 Å². The number of hydrogen-bond donors (Lipinski definition) is 0. The summed E-state index contributed by atoms with van der Waals surface area (Å²) in [4.78, 5) is 6.97. The van der Waals surface area contributed by atoms with Crippen LogP contribution in [0.15, 0.2) is 109 Å². The van der Waals surface area contributed by atoms with Crippen molar-refractivity contribution in [2.45, 2.75) is 70.9 Å². The summed E-state index contributed by atoms with van der Waals surface area (Å²) in [5.74, 6) is 1.06. The largest absolute Gasteiger partial charge is 0.494 e. The summed E-state index contributed by atoms with van der Waals surface area (Å²) in [7, 11) is 1.39. The van der Waals surface area contributed by atoms with Crippen LogP contribution in [0.25, 0.3) is 22.2 Å². The molecule has 0 saturated carbocycles. The molecule has 2 saturated heterocycles. The van der Waals surface area contributed by atoms with Gasteiger partial charge in [0, 0.05) is 31.6 Å². The number of aryl methyl sites for hydroxylation is 1. The Balaban J connectivity index is 0.989. The molecule has 0 aliphatic carbocycles. The van der Waals surface area contributed by atoms with Crippen LogP contribution < -0.4 is 19.8 Å². The zero-order chi connectivity index (χ0) is 37.5. The van der Waals surface area contributed by atoms with Crippen LogP contribution in [0.2, 0.25) is 0 Å². The first-order chi connectivity index (χ1) is 26.0. The third-order valence-corrected chi connectivity index (χ3v) is 11.2. The molecule has 54 heavy (non-hydrogen) atoms. The Morgan fingerprint density at radius 1 is 0.778 bits per heavy atom. The average Bonchev–Trinajstić information content (AvgIpc) is 3.63. The summed E-state index contributed by atoms with van der Waals surface area (Å²) in [6.07, 6.45) is 1.83. The number of aromatic nitrogens is 3. The van der Waals surface area contributed by atoms with E-state index in [9.17, 15) is 0 Å². The predicted molar refractivity (Wildman–Crippen MR) is 212 cm³/mol. The van der Waals surface area contributed by atoms with E-state index in [4.69, 9.17) is 28.9 Å². The fourth-order valence-corrected chi connectivity index (χ4v) is 7.34. The lowest BCUT2D eigenvalue weighted by Crippen LogP contribution is -2.41. The fraction of sp³-hybridized carbons (Fsp3) is 0.318. The van der Waals surface area contributed by atoms with Crippen molar-refractivity contribution in [3.8, 4) is 23.0 Å². The van der Waals surface area contributed by atoms with Gasteiger partial charge in [-0.2, -0.15) is 10.1 Å². The van der Waals surface area contributed by atoms with Crippen molar-refractivity contribution >= 4 is 29.2 Å². The lowest BCUT2D eigenvalue weighted by Gasteiger charge is -2.34. The molecular formula is C44H46BFN4O4. The zero-order valence-corrected chi connectivity index (χ0v) is 31.6. The van der Waals surface area contributed by atoms with E-state index in [2.05, 4.69) is 23.1 Å². The van der Waals surface area contributed by atoms with Gasteiger partial charge in [-0.25, -0.2) is 4.39 Å². The van der Waals surface area contributed by atoms with Crippen molar-refractivity contribution in [1.82, 2.24) is 14.8 Å². The number of anilines is 1. The van der Waals surface area contributed by atoms with E-state index in [1.807, 2.05) is 124 Å². The lowest BCUT2D eigenvalue weighted by molar-refractivity contribution is 0.00578. The molecule has 4 aromatic carbocycles. The molecule has 0 radical (unpaired) electrons. The van der Waals surface area contributed by atoms with E-state index in [0.717, 1.165) is 59.2 Å². The third kappa shape index (κ3) is 7.20. The van der Waals surface area contributed by atoms with Crippen LogP contribution >= 0.6 is 0 Å². The molecule has 2 aromatic heterocycles. The van der Waals surface area contributed by atoms with E-state index in [-0.39, 0.29) is 5.82 Å². The summed E-state index contributed by atoms with van der Waals surface area (Å²) >= 11 is 0. The quantitative estimate of drug-likeness (QED) is 0.131. The highest BCUT2D eigenvalue weighted by atomic mass is 19.1. The predicted octanol–water partition coefficient (Wildman–Crippen LogP) is 8.62. The van der Waals surface area contributed by atoms with Gasteiger partial charge in [0.25, 0.3) is 0 Å². The Labute approximate surface area is 317 Å².